The van der Waals surface area contributed by atoms with Gasteiger partial charge in [-0.15, -0.1) is 5.10 Å². The molecule has 0 unspecified atom stereocenters. The number of pyridine rings is 2. The van der Waals surface area contributed by atoms with Crippen LogP contribution < -0.4 is 11.1 Å². The minimum absolute atomic E-state index is 0.443. The van der Waals surface area contributed by atoms with E-state index >= 15 is 0 Å². The molecule has 7 heteroatoms. The van der Waals surface area contributed by atoms with Crippen molar-refractivity contribution < 1.29 is 0 Å². The first-order valence-corrected chi connectivity index (χ1v) is 6.27. The molecule has 21 heavy (non-hydrogen) atoms. The predicted octanol–water partition coefficient (Wildman–Crippen LogP) is 0.782. The number of nitrogens with zero attached hydrogens (tertiary/aromatic N) is 5. The van der Waals surface area contributed by atoms with Crippen LogP contribution in [0.15, 0.2) is 24.7 Å². The molecule has 7 nitrogen and oxygen atoms in total. The number of aromatic nitrogens is 5. The van der Waals surface area contributed by atoms with Crippen molar-refractivity contribution in [3.8, 4) is 11.8 Å². The molecular formula is C14H13N7. The Morgan fingerprint density at radius 3 is 2.71 bits per heavy atom. The molecule has 0 aliphatic rings. The maximum absolute atomic E-state index is 5.77. The highest BCUT2D eigenvalue weighted by atomic mass is 15.4. The minimum Gasteiger partial charge on any atom is -0.384 e. The van der Waals surface area contributed by atoms with Crippen molar-refractivity contribution in [1.82, 2.24) is 25.0 Å². The second-order valence-corrected chi connectivity index (χ2v) is 4.39. The fourth-order valence-electron chi connectivity index (χ4n) is 1.98. The van der Waals surface area contributed by atoms with E-state index in [0.29, 0.717) is 11.5 Å². The molecule has 0 atom stereocenters. The van der Waals surface area contributed by atoms with Gasteiger partial charge in [-0.2, -0.15) is 9.90 Å². The van der Waals surface area contributed by atoms with E-state index in [2.05, 4.69) is 37.3 Å². The van der Waals surface area contributed by atoms with Gasteiger partial charge in [-0.25, -0.2) is 9.97 Å². The van der Waals surface area contributed by atoms with Crippen molar-refractivity contribution in [2.75, 3.05) is 18.1 Å². The van der Waals surface area contributed by atoms with Gasteiger partial charge in [-0.05, 0) is 12.0 Å². The van der Waals surface area contributed by atoms with Gasteiger partial charge in [0.15, 0.2) is 5.69 Å². The van der Waals surface area contributed by atoms with E-state index in [0.717, 1.165) is 22.2 Å². The van der Waals surface area contributed by atoms with Crippen molar-refractivity contribution in [3.05, 3.63) is 35.9 Å². The van der Waals surface area contributed by atoms with Gasteiger partial charge in [0.25, 0.3) is 0 Å². The molecule has 0 spiro atoms. The smallest absolute Gasteiger partial charge is 0.155 e. The lowest BCUT2D eigenvalue weighted by atomic mass is 10.1. The molecule has 3 aromatic heterocycles. The van der Waals surface area contributed by atoms with Crippen LogP contribution in [0.1, 0.15) is 11.3 Å². The number of anilines is 2. The molecule has 0 fully saturated rings. The molecule has 0 radical (unpaired) electrons. The van der Waals surface area contributed by atoms with Crippen LogP contribution in [-0.4, -0.2) is 32.0 Å². The summed E-state index contributed by atoms with van der Waals surface area (Å²) in [6, 6.07) is 1.79. The first kappa shape index (κ1) is 12.9. The maximum Gasteiger partial charge on any atom is 0.155 e. The molecule has 0 aromatic carbocycles. The normalized spacial score (nSPS) is 10.2. The summed E-state index contributed by atoms with van der Waals surface area (Å²) < 4.78 is 0. The summed E-state index contributed by atoms with van der Waals surface area (Å²) in [6.45, 7) is 0. The van der Waals surface area contributed by atoms with Crippen molar-refractivity contribution in [1.29, 1.82) is 0 Å². The summed E-state index contributed by atoms with van der Waals surface area (Å²) in [4.78, 5) is 9.90. The van der Waals surface area contributed by atoms with E-state index in [1.54, 1.807) is 31.7 Å². The zero-order chi connectivity index (χ0) is 14.8. The average molecular weight is 279 g/mol. The Kier molecular flexibility index (Phi) is 3.12. The highest BCUT2D eigenvalue weighted by molar-refractivity contribution is 5.96. The van der Waals surface area contributed by atoms with Crippen molar-refractivity contribution in [2.24, 2.45) is 7.05 Å². The van der Waals surface area contributed by atoms with E-state index in [4.69, 9.17) is 5.73 Å². The summed E-state index contributed by atoms with van der Waals surface area (Å²) in [5.41, 5.74) is 7.14. The van der Waals surface area contributed by atoms with Gasteiger partial charge >= 0.3 is 0 Å². The SMILES string of the molecule is CNc1ncc(C#Cc2cnn(C)n2)c2cc(N)ncc12. The van der Waals surface area contributed by atoms with Crippen molar-refractivity contribution >= 4 is 22.4 Å². The first-order valence-electron chi connectivity index (χ1n) is 6.27. The Bertz CT molecular complexity index is 870. The van der Waals surface area contributed by atoms with Gasteiger partial charge in [-0.1, -0.05) is 5.92 Å². The van der Waals surface area contributed by atoms with Gasteiger partial charge in [0.05, 0.1) is 11.8 Å². The average Bonchev–Trinajstić information content (AvgIpc) is 2.90. The second-order valence-electron chi connectivity index (χ2n) is 4.39. The summed E-state index contributed by atoms with van der Waals surface area (Å²) in [5.74, 6) is 7.20. The number of hydrogen-bond acceptors (Lipinski definition) is 6. The topological polar surface area (TPSA) is 94.5 Å². The van der Waals surface area contributed by atoms with Crippen LogP contribution in [0.2, 0.25) is 0 Å². The fourth-order valence-corrected chi connectivity index (χ4v) is 1.98. The standard InChI is InChI=1S/C14H13N7/c1-16-14-12-8-17-13(15)5-11(12)9(6-18-14)3-4-10-7-19-21(2)20-10/h5-8H,1-2H3,(H2,15,17)(H,16,18). The predicted molar refractivity (Wildman–Crippen MR) is 80.5 cm³/mol. The lowest BCUT2D eigenvalue weighted by Gasteiger charge is -2.06. The Labute approximate surface area is 121 Å². The quantitative estimate of drug-likeness (QED) is 0.639. The zero-order valence-corrected chi connectivity index (χ0v) is 11.6. The lowest BCUT2D eigenvalue weighted by molar-refractivity contribution is 0.652. The van der Waals surface area contributed by atoms with Crippen molar-refractivity contribution in [3.63, 3.8) is 0 Å². The summed E-state index contributed by atoms with van der Waals surface area (Å²) in [6.07, 6.45) is 5.01. The molecule has 3 aromatic rings. The van der Waals surface area contributed by atoms with Crippen LogP contribution >= 0.6 is 0 Å². The molecule has 3 N–H and O–H groups in total. The Morgan fingerprint density at radius 1 is 1.14 bits per heavy atom. The minimum atomic E-state index is 0.443. The molecule has 0 aliphatic heterocycles. The number of nitrogen functional groups attached to an aromatic ring is 1. The highest BCUT2D eigenvalue weighted by Gasteiger charge is 2.06. The first-order chi connectivity index (χ1) is 10.2. The van der Waals surface area contributed by atoms with Crippen LogP contribution in [0, 0.1) is 11.8 Å². The molecule has 3 heterocycles. The molecule has 0 saturated carbocycles. The monoisotopic (exact) mass is 279 g/mol. The van der Waals surface area contributed by atoms with Gasteiger partial charge < -0.3 is 11.1 Å². The highest BCUT2D eigenvalue weighted by Crippen LogP contribution is 2.24. The van der Waals surface area contributed by atoms with Crippen LogP contribution in [0.25, 0.3) is 10.8 Å². The third-order valence-electron chi connectivity index (χ3n) is 2.95. The van der Waals surface area contributed by atoms with Crippen LogP contribution in [-0.2, 0) is 7.05 Å². The summed E-state index contributed by atoms with van der Waals surface area (Å²) in [5, 5.41) is 12.9. The lowest BCUT2D eigenvalue weighted by Crippen LogP contribution is -1.97. The number of rotatable bonds is 1. The molecule has 3 rings (SSSR count). The Morgan fingerprint density at radius 2 is 2.00 bits per heavy atom. The molecule has 0 bridgehead atoms. The van der Waals surface area contributed by atoms with Gasteiger partial charge in [-0.3, -0.25) is 0 Å². The van der Waals surface area contributed by atoms with E-state index in [1.165, 1.54) is 4.80 Å². The van der Waals surface area contributed by atoms with Crippen LogP contribution in [0.3, 0.4) is 0 Å². The number of nitrogens with one attached hydrogen (secondary N) is 1. The largest absolute Gasteiger partial charge is 0.384 e. The van der Waals surface area contributed by atoms with Gasteiger partial charge in [0.1, 0.15) is 11.6 Å². The number of aryl methyl sites for hydroxylation is 1. The Balaban J connectivity index is 2.15. The summed E-state index contributed by atoms with van der Waals surface area (Å²) >= 11 is 0. The van der Waals surface area contributed by atoms with E-state index in [-0.39, 0.29) is 0 Å². The number of nitrogens with two attached hydrogens (primary N) is 1. The number of hydrogen-bond donors (Lipinski definition) is 2. The number of fused-ring (bicyclic) bond motifs is 1. The van der Waals surface area contributed by atoms with Crippen LogP contribution in [0.5, 0.6) is 0 Å². The van der Waals surface area contributed by atoms with E-state index in [9.17, 15) is 0 Å². The molecule has 0 aliphatic carbocycles. The van der Waals surface area contributed by atoms with Gasteiger partial charge in [0.2, 0.25) is 0 Å². The second kappa shape index (κ2) is 5.09. The summed E-state index contributed by atoms with van der Waals surface area (Å²) in [7, 11) is 3.55. The molecule has 0 amide bonds. The van der Waals surface area contributed by atoms with Crippen molar-refractivity contribution in [2.45, 2.75) is 0 Å². The third kappa shape index (κ3) is 2.47. The Hall–Kier alpha value is -3.14. The fraction of sp³-hybridized carbons (Fsp3) is 0.143. The molecular weight excluding hydrogens is 266 g/mol. The zero-order valence-electron chi connectivity index (χ0n) is 11.6. The molecule has 0 saturated heterocycles. The third-order valence-corrected chi connectivity index (χ3v) is 2.95. The maximum atomic E-state index is 5.77. The van der Waals surface area contributed by atoms with Gasteiger partial charge in [0, 0.05) is 37.3 Å². The molecule has 104 valence electrons. The van der Waals surface area contributed by atoms with E-state index in [1.807, 2.05) is 7.05 Å². The van der Waals surface area contributed by atoms with E-state index < -0.39 is 0 Å². The van der Waals surface area contributed by atoms with Crippen LogP contribution in [0.4, 0.5) is 11.6 Å².